The molecular weight excluding hydrogens is 421 g/mol. The van der Waals surface area contributed by atoms with Crippen LogP contribution >= 0.6 is 0 Å². The summed E-state index contributed by atoms with van der Waals surface area (Å²) in [5, 5.41) is 10.6. The van der Waals surface area contributed by atoms with Crippen molar-refractivity contribution in [1.82, 2.24) is 9.78 Å². The summed E-state index contributed by atoms with van der Waals surface area (Å²) in [6.45, 7) is 5.00. The predicted octanol–water partition coefficient (Wildman–Crippen LogP) is 4.52. The lowest BCUT2D eigenvalue weighted by Crippen LogP contribution is -2.39. The van der Waals surface area contributed by atoms with Crippen molar-refractivity contribution in [2.75, 3.05) is 28.6 Å². The number of hydrogen-bond acceptors (Lipinski definition) is 4. The number of para-hydroxylation sites is 1. The number of piperidine rings is 1. The van der Waals surface area contributed by atoms with Gasteiger partial charge >= 0.3 is 0 Å². The molecule has 4 rings (SSSR count). The van der Waals surface area contributed by atoms with Gasteiger partial charge in [0.05, 0.1) is 11.4 Å². The summed E-state index contributed by atoms with van der Waals surface area (Å²) in [6, 6.07) is 15.6. The summed E-state index contributed by atoms with van der Waals surface area (Å²) >= 11 is 0. The second kappa shape index (κ2) is 9.85. The van der Waals surface area contributed by atoms with Gasteiger partial charge in [-0.3, -0.25) is 9.59 Å². The summed E-state index contributed by atoms with van der Waals surface area (Å²) in [5.41, 5.74) is 2.95. The average molecular weight is 450 g/mol. The first kappa shape index (κ1) is 22.5. The maximum absolute atomic E-state index is 13.1. The average Bonchev–Trinajstić information content (AvgIpc) is 3.16. The van der Waals surface area contributed by atoms with Crippen LogP contribution in [0.1, 0.15) is 31.9 Å². The number of aryl methyl sites for hydroxylation is 1. The van der Waals surface area contributed by atoms with E-state index in [-0.39, 0.29) is 23.5 Å². The number of hydrogen-bond donors (Lipinski definition) is 2. The van der Waals surface area contributed by atoms with Gasteiger partial charge < -0.3 is 15.5 Å². The Labute approximate surface area is 192 Å². The first-order valence-electron chi connectivity index (χ1n) is 11.2. The molecule has 172 valence electrons. The minimum atomic E-state index is -0.336. The van der Waals surface area contributed by atoms with E-state index in [1.165, 1.54) is 12.1 Å². The molecule has 3 aromatic rings. The topological polar surface area (TPSA) is 79.3 Å². The van der Waals surface area contributed by atoms with Crippen LogP contribution < -0.4 is 15.5 Å². The van der Waals surface area contributed by atoms with Gasteiger partial charge in [0, 0.05) is 31.1 Å². The predicted molar refractivity (Wildman–Crippen MR) is 127 cm³/mol. The van der Waals surface area contributed by atoms with Crippen LogP contribution in [0.2, 0.25) is 0 Å². The molecule has 2 aromatic carbocycles. The highest BCUT2D eigenvalue weighted by Crippen LogP contribution is 2.35. The molecule has 0 aliphatic carbocycles. The van der Waals surface area contributed by atoms with Crippen LogP contribution in [0.4, 0.5) is 21.6 Å². The lowest BCUT2D eigenvalue weighted by molar-refractivity contribution is -0.120. The number of carbonyl (C=O) groups excluding carboxylic acids is 2. The van der Waals surface area contributed by atoms with Crippen LogP contribution in [-0.4, -0.2) is 34.7 Å². The van der Waals surface area contributed by atoms with E-state index in [0.717, 1.165) is 17.2 Å². The molecule has 33 heavy (non-hydrogen) atoms. The largest absolute Gasteiger partial charge is 0.355 e. The number of carbonyl (C=O) groups is 2. The van der Waals surface area contributed by atoms with Gasteiger partial charge in [-0.2, -0.15) is 5.10 Å². The fraction of sp³-hybridized carbons (Fsp3) is 0.320. The van der Waals surface area contributed by atoms with E-state index in [2.05, 4.69) is 15.5 Å². The molecule has 1 fully saturated rings. The fourth-order valence-electron chi connectivity index (χ4n) is 4.06. The molecule has 0 spiro atoms. The van der Waals surface area contributed by atoms with Crippen molar-refractivity contribution in [2.24, 2.45) is 5.92 Å². The highest BCUT2D eigenvalue weighted by atomic mass is 19.1. The van der Waals surface area contributed by atoms with Crippen molar-refractivity contribution < 1.29 is 14.0 Å². The van der Waals surface area contributed by atoms with Crippen LogP contribution in [-0.2, 0) is 9.59 Å². The maximum atomic E-state index is 13.1. The molecule has 1 saturated heterocycles. The molecule has 0 radical (unpaired) electrons. The summed E-state index contributed by atoms with van der Waals surface area (Å²) in [7, 11) is 0. The van der Waals surface area contributed by atoms with Crippen molar-refractivity contribution in [3.8, 4) is 5.69 Å². The van der Waals surface area contributed by atoms with Crippen molar-refractivity contribution in [2.45, 2.75) is 33.1 Å². The van der Waals surface area contributed by atoms with E-state index in [4.69, 9.17) is 5.10 Å². The van der Waals surface area contributed by atoms with Crippen LogP contribution in [0.25, 0.3) is 5.69 Å². The summed E-state index contributed by atoms with van der Waals surface area (Å²) in [6.07, 6.45) is 1.70. The zero-order valence-corrected chi connectivity index (χ0v) is 18.8. The highest BCUT2D eigenvalue weighted by Gasteiger charge is 2.30. The molecule has 1 aromatic heterocycles. The second-order valence-electron chi connectivity index (χ2n) is 8.19. The maximum Gasteiger partial charge on any atom is 0.227 e. The molecule has 2 N–H and O–H groups in total. The highest BCUT2D eigenvalue weighted by molar-refractivity contribution is 5.95. The molecule has 0 saturated carbocycles. The molecule has 1 aliphatic heterocycles. The molecular formula is C25H28FN5O2. The zero-order valence-electron chi connectivity index (χ0n) is 18.8. The Balaban J connectivity index is 1.53. The van der Waals surface area contributed by atoms with E-state index < -0.39 is 0 Å². The standard InChI is InChI=1S/C25H28FN5O2/c1-3-22(32)28-23-17(2)29-31(21-7-5-4-6-8-21)25(23)30-15-13-18(14-16-30)24(33)27-20-11-9-19(26)10-12-20/h4-12,18H,3,13-16H2,1-2H3,(H,27,33)(H,28,32). The number of benzene rings is 2. The van der Waals surface area contributed by atoms with Gasteiger partial charge in [0.2, 0.25) is 11.8 Å². The Hall–Kier alpha value is -3.68. The number of aromatic nitrogens is 2. The minimum Gasteiger partial charge on any atom is -0.355 e. The quantitative estimate of drug-likeness (QED) is 0.580. The Bertz CT molecular complexity index is 1120. The number of anilines is 3. The van der Waals surface area contributed by atoms with Crippen LogP contribution in [0.3, 0.4) is 0 Å². The van der Waals surface area contributed by atoms with E-state index in [9.17, 15) is 14.0 Å². The van der Waals surface area contributed by atoms with Crippen LogP contribution in [0.5, 0.6) is 0 Å². The second-order valence-corrected chi connectivity index (χ2v) is 8.19. The third kappa shape index (κ3) is 5.05. The van der Waals surface area contributed by atoms with E-state index in [0.29, 0.717) is 43.7 Å². The third-order valence-electron chi connectivity index (χ3n) is 5.90. The Morgan fingerprint density at radius 1 is 1.03 bits per heavy atom. The fourth-order valence-corrected chi connectivity index (χ4v) is 4.06. The SMILES string of the molecule is CCC(=O)Nc1c(C)nn(-c2ccccc2)c1N1CCC(C(=O)Nc2ccc(F)cc2)CC1. The van der Waals surface area contributed by atoms with Gasteiger partial charge in [-0.1, -0.05) is 25.1 Å². The van der Waals surface area contributed by atoms with Crippen molar-refractivity contribution in [3.05, 3.63) is 66.1 Å². The van der Waals surface area contributed by atoms with Crippen molar-refractivity contribution >= 4 is 29.0 Å². The van der Waals surface area contributed by atoms with E-state index in [1.807, 2.05) is 48.9 Å². The normalized spacial score (nSPS) is 14.2. The molecule has 7 nitrogen and oxygen atoms in total. The molecule has 2 heterocycles. The van der Waals surface area contributed by atoms with Gasteiger partial charge in [-0.15, -0.1) is 0 Å². The monoisotopic (exact) mass is 449 g/mol. The summed E-state index contributed by atoms with van der Waals surface area (Å²) in [5.74, 6) is 0.221. The van der Waals surface area contributed by atoms with E-state index in [1.54, 1.807) is 12.1 Å². The molecule has 8 heteroatoms. The number of halogens is 1. The third-order valence-corrected chi connectivity index (χ3v) is 5.90. The Morgan fingerprint density at radius 3 is 2.33 bits per heavy atom. The summed E-state index contributed by atoms with van der Waals surface area (Å²) in [4.78, 5) is 27.1. The zero-order chi connectivity index (χ0) is 23.4. The smallest absolute Gasteiger partial charge is 0.227 e. The molecule has 2 amide bonds. The van der Waals surface area contributed by atoms with Crippen LogP contribution in [0, 0.1) is 18.7 Å². The minimum absolute atomic E-state index is 0.0616. The lowest BCUT2D eigenvalue weighted by atomic mass is 9.95. The molecule has 1 aliphatic rings. The van der Waals surface area contributed by atoms with E-state index >= 15 is 0 Å². The summed E-state index contributed by atoms with van der Waals surface area (Å²) < 4.78 is 15.0. The Morgan fingerprint density at radius 2 is 1.70 bits per heavy atom. The van der Waals surface area contributed by atoms with Gasteiger partial charge in [0.1, 0.15) is 11.5 Å². The molecule has 0 unspecified atom stereocenters. The van der Waals surface area contributed by atoms with Gasteiger partial charge in [-0.05, 0) is 56.2 Å². The van der Waals surface area contributed by atoms with Crippen LogP contribution in [0.15, 0.2) is 54.6 Å². The van der Waals surface area contributed by atoms with Gasteiger partial charge in [0.25, 0.3) is 0 Å². The number of amides is 2. The van der Waals surface area contributed by atoms with Gasteiger partial charge in [-0.25, -0.2) is 9.07 Å². The van der Waals surface area contributed by atoms with Crippen molar-refractivity contribution in [1.29, 1.82) is 0 Å². The Kier molecular flexibility index (Phi) is 6.72. The first-order chi connectivity index (χ1) is 16.0. The lowest BCUT2D eigenvalue weighted by Gasteiger charge is -2.33. The molecule has 0 bridgehead atoms. The van der Waals surface area contributed by atoms with Gasteiger partial charge in [0.15, 0.2) is 5.82 Å². The number of rotatable bonds is 6. The number of nitrogens with one attached hydrogen (secondary N) is 2. The number of nitrogens with zero attached hydrogens (tertiary/aromatic N) is 3. The van der Waals surface area contributed by atoms with Crippen molar-refractivity contribution in [3.63, 3.8) is 0 Å². The first-order valence-corrected chi connectivity index (χ1v) is 11.2. The molecule has 0 atom stereocenters.